The summed E-state index contributed by atoms with van der Waals surface area (Å²) in [5, 5.41) is 1.65. The fourth-order valence-corrected chi connectivity index (χ4v) is 4.37. The molecule has 5 nitrogen and oxygen atoms in total. The first kappa shape index (κ1) is 19.9. The molecule has 0 radical (unpaired) electrons. The Morgan fingerprint density at radius 2 is 1.86 bits per heavy atom. The summed E-state index contributed by atoms with van der Waals surface area (Å²) in [4.78, 5) is 21.8. The van der Waals surface area contributed by atoms with Crippen LogP contribution in [0, 0.1) is 6.92 Å². The van der Waals surface area contributed by atoms with Gasteiger partial charge in [0.2, 0.25) is 5.13 Å². The Kier molecular flexibility index (Phi) is 5.83. The van der Waals surface area contributed by atoms with E-state index in [1.807, 2.05) is 60.4 Å². The van der Waals surface area contributed by atoms with E-state index in [4.69, 9.17) is 16.6 Å². The lowest BCUT2D eigenvalue weighted by atomic mass is 10.1. The zero-order chi connectivity index (χ0) is 20.4. The molecule has 1 aliphatic rings. The number of anilines is 1. The zero-order valence-corrected chi connectivity index (χ0v) is 18.1. The molecule has 7 heteroatoms. The van der Waals surface area contributed by atoms with Gasteiger partial charge in [0.1, 0.15) is 5.82 Å². The molecule has 0 N–H and O–H groups in total. The van der Waals surface area contributed by atoms with Gasteiger partial charge in [0.05, 0.1) is 0 Å². The molecule has 1 saturated heterocycles. The van der Waals surface area contributed by atoms with Gasteiger partial charge in [-0.25, -0.2) is 4.98 Å². The molecule has 1 aliphatic heterocycles. The van der Waals surface area contributed by atoms with Crippen LogP contribution < -0.4 is 4.90 Å². The number of piperazine rings is 1. The van der Waals surface area contributed by atoms with Crippen molar-refractivity contribution in [3.05, 3.63) is 76.1 Å². The molecule has 0 aliphatic carbocycles. The summed E-state index contributed by atoms with van der Waals surface area (Å²) in [6.07, 6.45) is 0.690. The van der Waals surface area contributed by atoms with Crippen molar-refractivity contribution in [2.24, 2.45) is 0 Å². The third kappa shape index (κ3) is 4.60. The van der Waals surface area contributed by atoms with E-state index in [-0.39, 0.29) is 11.9 Å². The molecule has 1 aromatic heterocycles. The van der Waals surface area contributed by atoms with Gasteiger partial charge in [-0.2, -0.15) is 4.37 Å². The van der Waals surface area contributed by atoms with Crippen LogP contribution in [-0.4, -0.2) is 45.8 Å². The minimum atomic E-state index is 0.0952. The second kappa shape index (κ2) is 8.51. The number of hydrogen-bond acceptors (Lipinski definition) is 5. The third-order valence-corrected chi connectivity index (χ3v) is 6.26. The van der Waals surface area contributed by atoms with E-state index in [2.05, 4.69) is 16.2 Å². The third-order valence-electron chi connectivity index (χ3n) is 5.19. The Hall–Kier alpha value is -2.44. The summed E-state index contributed by atoms with van der Waals surface area (Å²) in [5.74, 6) is 0.913. The van der Waals surface area contributed by atoms with E-state index >= 15 is 0 Å². The second-order valence-electron chi connectivity index (χ2n) is 7.46. The summed E-state index contributed by atoms with van der Waals surface area (Å²) in [6, 6.07) is 15.7. The van der Waals surface area contributed by atoms with Gasteiger partial charge in [-0.15, -0.1) is 0 Å². The Morgan fingerprint density at radius 3 is 2.55 bits per heavy atom. The van der Waals surface area contributed by atoms with Gasteiger partial charge < -0.3 is 9.80 Å². The lowest BCUT2D eigenvalue weighted by Crippen LogP contribution is -2.54. The number of halogens is 1. The molecule has 0 saturated carbocycles. The molecule has 4 rings (SSSR count). The van der Waals surface area contributed by atoms with Gasteiger partial charge in [-0.3, -0.25) is 4.79 Å². The quantitative estimate of drug-likeness (QED) is 0.618. The number of hydrogen-bond donors (Lipinski definition) is 0. The van der Waals surface area contributed by atoms with Crippen molar-refractivity contribution in [2.45, 2.75) is 26.3 Å². The maximum Gasteiger partial charge on any atom is 0.254 e. The molecule has 1 fully saturated rings. The summed E-state index contributed by atoms with van der Waals surface area (Å²) >= 11 is 7.37. The number of carbonyl (C=O) groups is 1. The number of rotatable bonds is 4. The largest absolute Gasteiger partial charge is 0.343 e. The van der Waals surface area contributed by atoms with Crippen molar-refractivity contribution in [1.29, 1.82) is 0 Å². The molecule has 0 spiro atoms. The van der Waals surface area contributed by atoms with Crippen LogP contribution in [0.25, 0.3) is 0 Å². The average Bonchev–Trinajstić information content (AvgIpc) is 3.18. The Balaban J connectivity index is 1.39. The first-order valence-electron chi connectivity index (χ1n) is 9.69. The molecule has 150 valence electrons. The Morgan fingerprint density at radius 1 is 1.14 bits per heavy atom. The minimum absolute atomic E-state index is 0.0952. The van der Waals surface area contributed by atoms with Crippen molar-refractivity contribution in [1.82, 2.24) is 14.3 Å². The highest BCUT2D eigenvalue weighted by Gasteiger charge is 2.29. The van der Waals surface area contributed by atoms with Gasteiger partial charge >= 0.3 is 0 Å². The monoisotopic (exact) mass is 426 g/mol. The number of carbonyl (C=O) groups excluding carboxylic acids is 1. The molecule has 29 heavy (non-hydrogen) atoms. The lowest BCUT2D eigenvalue weighted by Gasteiger charge is -2.39. The van der Waals surface area contributed by atoms with Gasteiger partial charge in [0.15, 0.2) is 0 Å². The normalized spacial score (nSPS) is 16.9. The van der Waals surface area contributed by atoms with Crippen molar-refractivity contribution >= 4 is 34.2 Å². The van der Waals surface area contributed by atoms with Crippen LogP contribution in [-0.2, 0) is 6.42 Å². The van der Waals surface area contributed by atoms with Gasteiger partial charge in [-0.05, 0) is 43.7 Å². The molecule has 1 unspecified atom stereocenters. The first-order chi connectivity index (χ1) is 14.0. The van der Waals surface area contributed by atoms with Crippen LogP contribution in [0.15, 0.2) is 48.5 Å². The van der Waals surface area contributed by atoms with Gasteiger partial charge in [-0.1, -0.05) is 41.4 Å². The van der Waals surface area contributed by atoms with E-state index in [0.717, 1.165) is 45.8 Å². The molecule has 2 aromatic carbocycles. The van der Waals surface area contributed by atoms with Crippen molar-refractivity contribution in [2.75, 3.05) is 24.5 Å². The number of aromatic nitrogens is 2. The van der Waals surface area contributed by atoms with E-state index in [9.17, 15) is 4.79 Å². The Bertz CT molecular complexity index is 987. The number of aryl methyl sites for hydroxylation is 1. The van der Waals surface area contributed by atoms with Gasteiger partial charge in [0.25, 0.3) is 5.91 Å². The molecule has 1 atom stereocenters. The van der Waals surface area contributed by atoms with E-state index in [0.29, 0.717) is 13.0 Å². The van der Waals surface area contributed by atoms with Crippen LogP contribution in [0.3, 0.4) is 0 Å². The van der Waals surface area contributed by atoms with E-state index in [1.54, 1.807) is 0 Å². The summed E-state index contributed by atoms with van der Waals surface area (Å²) in [7, 11) is 0. The minimum Gasteiger partial charge on any atom is -0.343 e. The first-order valence-corrected chi connectivity index (χ1v) is 10.8. The average molecular weight is 427 g/mol. The van der Waals surface area contributed by atoms with Crippen LogP contribution in [0.1, 0.15) is 34.2 Å². The molecular weight excluding hydrogens is 404 g/mol. The van der Waals surface area contributed by atoms with Crippen LogP contribution >= 0.6 is 23.1 Å². The SMILES string of the molecule is Cc1ccc(C(=O)N2CCN(c3nc(Cc4ccc(Cl)cc4)ns3)CC2C)cc1. The fourth-order valence-electron chi connectivity index (χ4n) is 3.52. The van der Waals surface area contributed by atoms with Crippen LogP contribution in [0.2, 0.25) is 5.02 Å². The highest BCUT2D eigenvalue weighted by atomic mass is 35.5. The summed E-state index contributed by atoms with van der Waals surface area (Å²) < 4.78 is 4.52. The highest BCUT2D eigenvalue weighted by molar-refractivity contribution is 7.09. The number of benzene rings is 2. The molecule has 0 bridgehead atoms. The highest BCUT2D eigenvalue weighted by Crippen LogP contribution is 2.23. The maximum absolute atomic E-state index is 12.9. The predicted molar refractivity (Wildman–Crippen MR) is 118 cm³/mol. The fraction of sp³-hybridized carbons (Fsp3) is 0.318. The molecule has 3 aromatic rings. The van der Waals surface area contributed by atoms with Gasteiger partial charge in [0, 0.05) is 54.2 Å². The van der Waals surface area contributed by atoms with Crippen molar-refractivity contribution in [3.8, 4) is 0 Å². The zero-order valence-electron chi connectivity index (χ0n) is 16.5. The van der Waals surface area contributed by atoms with Crippen molar-refractivity contribution < 1.29 is 4.79 Å². The lowest BCUT2D eigenvalue weighted by molar-refractivity contribution is 0.0674. The number of nitrogens with zero attached hydrogens (tertiary/aromatic N) is 4. The molecular formula is C22H23ClN4OS. The topological polar surface area (TPSA) is 49.3 Å². The summed E-state index contributed by atoms with van der Waals surface area (Å²) in [5.41, 5.74) is 3.04. The smallest absolute Gasteiger partial charge is 0.254 e. The summed E-state index contributed by atoms with van der Waals surface area (Å²) in [6.45, 7) is 6.32. The Labute approximate surface area is 180 Å². The van der Waals surface area contributed by atoms with E-state index < -0.39 is 0 Å². The second-order valence-corrected chi connectivity index (χ2v) is 8.62. The van der Waals surface area contributed by atoms with E-state index in [1.165, 1.54) is 11.5 Å². The standard InChI is InChI=1S/C22H23ClN4OS/c1-15-3-7-18(8-4-15)21(28)27-12-11-26(14-16(27)2)22-24-20(25-29-22)13-17-5-9-19(23)10-6-17/h3-10,16H,11-14H2,1-2H3. The van der Waals surface area contributed by atoms with Crippen molar-refractivity contribution in [3.63, 3.8) is 0 Å². The molecule has 1 amide bonds. The molecule has 2 heterocycles. The van der Waals surface area contributed by atoms with Crippen LogP contribution in [0.4, 0.5) is 5.13 Å². The maximum atomic E-state index is 12.9. The number of amides is 1. The van der Waals surface area contributed by atoms with Crippen LogP contribution in [0.5, 0.6) is 0 Å². The predicted octanol–water partition coefficient (Wildman–Crippen LogP) is 4.44.